The van der Waals surface area contributed by atoms with Crippen LogP contribution in [-0.2, 0) is 10.0 Å². The zero-order chi connectivity index (χ0) is 17.2. The zero-order valence-electron chi connectivity index (χ0n) is 14.3. The Morgan fingerprint density at radius 3 is 2.43 bits per heavy atom. The van der Waals surface area contributed by atoms with Gasteiger partial charge < -0.3 is 5.32 Å². The van der Waals surface area contributed by atoms with E-state index in [1.807, 2.05) is 20.8 Å². The van der Waals surface area contributed by atoms with Crippen molar-refractivity contribution >= 4 is 15.9 Å². The van der Waals surface area contributed by atoms with Crippen molar-refractivity contribution in [3.63, 3.8) is 0 Å². The molecule has 0 bridgehead atoms. The molecule has 0 saturated heterocycles. The Labute approximate surface area is 139 Å². The molecule has 128 valence electrons. The second kappa shape index (κ2) is 7.01. The number of carbonyl (C=O) groups is 1. The first-order valence-corrected chi connectivity index (χ1v) is 9.66. The predicted molar refractivity (Wildman–Crippen MR) is 90.9 cm³/mol. The van der Waals surface area contributed by atoms with Crippen LogP contribution in [0, 0.1) is 12.8 Å². The van der Waals surface area contributed by atoms with Crippen LogP contribution in [0.2, 0.25) is 0 Å². The second-order valence-electron chi connectivity index (χ2n) is 6.17. The number of nitrogens with zero attached hydrogens (tertiary/aromatic N) is 1. The highest BCUT2D eigenvalue weighted by molar-refractivity contribution is 7.89. The maximum atomic E-state index is 12.7. The topological polar surface area (TPSA) is 66.5 Å². The van der Waals surface area contributed by atoms with Gasteiger partial charge in [-0.2, -0.15) is 4.31 Å². The third kappa shape index (κ3) is 3.93. The summed E-state index contributed by atoms with van der Waals surface area (Å²) in [4.78, 5) is 12.6. The van der Waals surface area contributed by atoms with E-state index in [-0.39, 0.29) is 16.8 Å². The van der Waals surface area contributed by atoms with E-state index in [0.29, 0.717) is 30.1 Å². The Morgan fingerprint density at radius 2 is 1.91 bits per heavy atom. The molecule has 1 N–H and O–H groups in total. The second-order valence-corrected chi connectivity index (χ2v) is 8.08. The summed E-state index contributed by atoms with van der Waals surface area (Å²) in [6.45, 7) is 8.19. The summed E-state index contributed by atoms with van der Waals surface area (Å²) in [5.74, 6) is 0.351. The lowest BCUT2D eigenvalue weighted by atomic mass is 10.1. The van der Waals surface area contributed by atoms with E-state index in [1.165, 1.54) is 10.4 Å². The number of amides is 1. The van der Waals surface area contributed by atoms with Gasteiger partial charge in [-0.05, 0) is 50.3 Å². The molecule has 0 radical (unpaired) electrons. The number of hydrogen-bond acceptors (Lipinski definition) is 3. The molecular weight excluding hydrogens is 312 g/mol. The number of benzene rings is 1. The molecule has 0 aliphatic heterocycles. The van der Waals surface area contributed by atoms with E-state index < -0.39 is 10.0 Å². The Morgan fingerprint density at radius 1 is 1.30 bits per heavy atom. The smallest absolute Gasteiger partial charge is 0.251 e. The Balaban J connectivity index is 2.29. The van der Waals surface area contributed by atoms with E-state index in [1.54, 1.807) is 19.1 Å². The predicted octanol–water partition coefficient (Wildman–Crippen LogP) is 2.55. The first kappa shape index (κ1) is 17.9. The molecule has 1 saturated carbocycles. The van der Waals surface area contributed by atoms with Crippen molar-refractivity contribution in [1.29, 1.82) is 0 Å². The van der Waals surface area contributed by atoms with Crippen molar-refractivity contribution in [2.24, 2.45) is 5.92 Å². The van der Waals surface area contributed by atoms with Gasteiger partial charge >= 0.3 is 0 Å². The molecule has 1 amide bonds. The Bertz CT molecular complexity index is 677. The molecule has 0 heterocycles. The molecule has 2 rings (SSSR count). The van der Waals surface area contributed by atoms with E-state index in [4.69, 9.17) is 0 Å². The molecular formula is C17H26N2O3S. The van der Waals surface area contributed by atoms with Crippen LogP contribution < -0.4 is 5.32 Å². The number of nitrogens with one attached hydrogen (secondary N) is 1. The molecule has 1 aliphatic rings. The molecule has 0 aromatic heterocycles. The maximum Gasteiger partial charge on any atom is 0.251 e. The lowest BCUT2D eigenvalue weighted by Gasteiger charge is -2.20. The average molecular weight is 338 g/mol. The van der Waals surface area contributed by atoms with Crippen LogP contribution in [0.4, 0.5) is 0 Å². The van der Waals surface area contributed by atoms with Crippen molar-refractivity contribution in [3.8, 4) is 0 Å². The van der Waals surface area contributed by atoms with Gasteiger partial charge in [-0.15, -0.1) is 0 Å². The Kier molecular flexibility index (Phi) is 5.47. The monoisotopic (exact) mass is 338 g/mol. The molecule has 1 fully saturated rings. The van der Waals surface area contributed by atoms with Gasteiger partial charge in [0.05, 0.1) is 4.90 Å². The minimum atomic E-state index is -3.57. The largest absolute Gasteiger partial charge is 0.349 e. The highest BCUT2D eigenvalue weighted by Gasteiger charge is 2.30. The fourth-order valence-electron chi connectivity index (χ4n) is 2.73. The first-order chi connectivity index (χ1) is 10.8. The first-order valence-electron chi connectivity index (χ1n) is 8.22. The van der Waals surface area contributed by atoms with Gasteiger partial charge in [-0.1, -0.05) is 19.9 Å². The summed E-state index contributed by atoms with van der Waals surface area (Å²) in [7, 11) is -3.57. The van der Waals surface area contributed by atoms with Gasteiger partial charge in [0.25, 0.3) is 5.91 Å². The van der Waals surface area contributed by atoms with E-state index in [9.17, 15) is 13.2 Å². The quantitative estimate of drug-likeness (QED) is 0.831. The van der Waals surface area contributed by atoms with Crippen molar-refractivity contribution in [2.75, 3.05) is 13.1 Å². The summed E-state index contributed by atoms with van der Waals surface area (Å²) in [5, 5.41) is 2.97. The summed E-state index contributed by atoms with van der Waals surface area (Å²) in [5.41, 5.74) is 1.05. The van der Waals surface area contributed by atoms with Crippen molar-refractivity contribution in [3.05, 3.63) is 29.3 Å². The van der Waals surface area contributed by atoms with Crippen LogP contribution >= 0.6 is 0 Å². The average Bonchev–Trinajstić information content (AvgIpc) is 3.32. The fourth-order valence-corrected chi connectivity index (χ4v) is 4.43. The van der Waals surface area contributed by atoms with E-state index >= 15 is 0 Å². The van der Waals surface area contributed by atoms with Gasteiger partial charge in [0.1, 0.15) is 0 Å². The molecule has 5 nitrogen and oxygen atoms in total. The third-order valence-corrected chi connectivity index (χ3v) is 6.65. The number of sulfonamides is 1. The van der Waals surface area contributed by atoms with Crippen LogP contribution in [0.1, 0.15) is 49.5 Å². The van der Waals surface area contributed by atoms with Crippen molar-refractivity contribution in [1.82, 2.24) is 9.62 Å². The molecule has 1 aliphatic carbocycles. The number of carbonyl (C=O) groups excluding carboxylic acids is 1. The summed E-state index contributed by atoms with van der Waals surface area (Å²) >= 11 is 0. The third-order valence-electron chi connectivity index (χ3n) is 4.46. The SMILES string of the molecule is CCN(CC)S(=O)(=O)c1cc(C(=O)N[C@H](C)C2CC2)ccc1C. The maximum absolute atomic E-state index is 12.7. The van der Waals surface area contributed by atoms with Gasteiger partial charge in [-0.3, -0.25) is 4.79 Å². The summed E-state index contributed by atoms with van der Waals surface area (Å²) in [6.07, 6.45) is 2.30. The fraction of sp³-hybridized carbons (Fsp3) is 0.588. The van der Waals surface area contributed by atoms with Gasteiger partial charge in [0.15, 0.2) is 0 Å². The number of rotatable bonds is 7. The standard InChI is InChI=1S/C17H26N2O3S/c1-5-19(6-2)23(21,22)16-11-15(8-7-12(16)3)17(20)18-13(4)14-9-10-14/h7-8,11,13-14H,5-6,9-10H2,1-4H3,(H,18,20)/t13-/m1/s1. The lowest BCUT2D eigenvalue weighted by molar-refractivity contribution is 0.0935. The highest BCUT2D eigenvalue weighted by atomic mass is 32.2. The zero-order valence-corrected chi connectivity index (χ0v) is 15.1. The van der Waals surface area contributed by atoms with Crippen LogP contribution in [0.25, 0.3) is 0 Å². The molecule has 0 spiro atoms. The van der Waals surface area contributed by atoms with Gasteiger partial charge in [-0.25, -0.2) is 8.42 Å². The highest BCUT2D eigenvalue weighted by Crippen LogP contribution is 2.32. The van der Waals surface area contributed by atoms with Crippen molar-refractivity contribution in [2.45, 2.75) is 51.5 Å². The van der Waals surface area contributed by atoms with E-state index in [2.05, 4.69) is 5.32 Å². The van der Waals surface area contributed by atoms with Crippen molar-refractivity contribution < 1.29 is 13.2 Å². The summed E-state index contributed by atoms with van der Waals surface area (Å²) < 4.78 is 26.9. The minimum absolute atomic E-state index is 0.131. The molecule has 1 aromatic rings. The normalized spacial score (nSPS) is 16.4. The van der Waals surface area contributed by atoms with Crippen LogP contribution in [-0.4, -0.2) is 37.8 Å². The molecule has 1 atom stereocenters. The van der Waals surface area contributed by atoms with Crippen LogP contribution in [0.15, 0.2) is 23.1 Å². The summed E-state index contributed by atoms with van der Waals surface area (Å²) in [6, 6.07) is 5.02. The molecule has 0 unspecified atom stereocenters. The van der Waals surface area contributed by atoms with Gasteiger partial charge in [0.2, 0.25) is 10.0 Å². The van der Waals surface area contributed by atoms with E-state index in [0.717, 1.165) is 12.8 Å². The van der Waals surface area contributed by atoms with Gasteiger partial charge in [0, 0.05) is 24.7 Å². The molecule has 1 aromatic carbocycles. The minimum Gasteiger partial charge on any atom is -0.349 e. The van der Waals surface area contributed by atoms with Crippen LogP contribution in [0.5, 0.6) is 0 Å². The molecule has 6 heteroatoms. The molecule has 23 heavy (non-hydrogen) atoms. The lowest BCUT2D eigenvalue weighted by Crippen LogP contribution is -2.34. The Hall–Kier alpha value is -1.40. The number of hydrogen-bond donors (Lipinski definition) is 1. The van der Waals surface area contributed by atoms with Crippen LogP contribution in [0.3, 0.4) is 0 Å². The number of aryl methyl sites for hydroxylation is 1.